The van der Waals surface area contributed by atoms with Crippen LogP contribution in [0.5, 0.6) is 34.5 Å². The second-order valence-corrected chi connectivity index (χ2v) is 9.61. The Kier molecular flexibility index (Phi) is 10.1. The summed E-state index contributed by atoms with van der Waals surface area (Å²) >= 11 is 0. The Balaban J connectivity index is 1.33. The summed E-state index contributed by atoms with van der Waals surface area (Å²) in [5.41, 5.74) is 0.886. The molecule has 3 aromatic rings. The van der Waals surface area contributed by atoms with Gasteiger partial charge in [0, 0.05) is 6.08 Å². The van der Waals surface area contributed by atoms with Gasteiger partial charge in [-0.2, -0.15) is 0 Å². The molecule has 3 aromatic carbocycles. The van der Waals surface area contributed by atoms with Gasteiger partial charge in [-0.05, 0) is 59.7 Å². The molecule has 7 N–H and O–H groups in total. The number of carbonyl (C=O) groups excluding carboxylic acids is 2. The summed E-state index contributed by atoms with van der Waals surface area (Å²) in [7, 11) is 1.33. The van der Waals surface area contributed by atoms with Crippen LogP contribution >= 0.6 is 0 Å². The SMILES string of the molecule is COc1cc(C(=O)OCc2ccc(O[C@@H]3O[C@H](COC(=O)C=Cc4ccc(O)c(O)c4)[C@@H](O)[C@H](O)[C@H]3O)c(O)c2)ccc1O. The predicted molar refractivity (Wildman–Crippen MR) is 149 cm³/mol. The average Bonchev–Trinajstić information content (AvgIpc) is 3.01. The van der Waals surface area contributed by atoms with E-state index in [2.05, 4.69) is 0 Å². The van der Waals surface area contributed by atoms with Crippen molar-refractivity contribution in [2.24, 2.45) is 0 Å². The van der Waals surface area contributed by atoms with Gasteiger partial charge >= 0.3 is 11.9 Å². The molecule has 0 aromatic heterocycles. The van der Waals surface area contributed by atoms with E-state index in [0.717, 1.165) is 6.08 Å². The number of benzene rings is 3. The zero-order chi connectivity index (χ0) is 32.0. The highest BCUT2D eigenvalue weighted by atomic mass is 16.7. The van der Waals surface area contributed by atoms with Crippen molar-refractivity contribution in [1.29, 1.82) is 0 Å². The minimum Gasteiger partial charge on any atom is -0.504 e. The van der Waals surface area contributed by atoms with Crippen LogP contribution in [0.1, 0.15) is 21.5 Å². The Morgan fingerprint density at radius 2 is 1.55 bits per heavy atom. The van der Waals surface area contributed by atoms with Gasteiger partial charge in [-0.25, -0.2) is 9.59 Å². The minimum atomic E-state index is -1.76. The lowest BCUT2D eigenvalue weighted by molar-refractivity contribution is -0.278. The van der Waals surface area contributed by atoms with E-state index in [-0.39, 0.29) is 40.9 Å². The summed E-state index contributed by atoms with van der Waals surface area (Å²) in [5.74, 6) is -2.93. The van der Waals surface area contributed by atoms with Gasteiger partial charge in [-0.15, -0.1) is 0 Å². The molecule has 14 heteroatoms. The first kappa shape index (κ1) is 31.9. The number of hydrogen-bond donors (Lipinski definition) is 7. The van der Waals surface area contributed by atoms with Crippen molar-refractivity contribution in [2.45, 2.75) is 37.3 Å². The van der Waals surface area contributed by atoms with E-state index in [1.54, 1.807) is 0 Å². The summed E-state index contributed by atoms with van der Waals surface area (Å²) in [6, 6.07) is 11.8. The summed E-state index contributed by atoms with van der Waals surface area (Å²) in [4.78, 5) is 24.5. The van der Waals surface area contributed by atoms with Gasteiger partial charge in [-0.3, -0.25) is 0 Å². The fourth-order valence-electron chi connectivity index (χ4n) is 4.09. The third-order valence-corrected chi connectivity index (χ3v) is 6.52. The van der Waals surface area contributed by atoms with E-state index in [9.17, 15) is 45.3 Å². The maximum atomic E-state index is 12.4. The Morgan fingerprint density at radius 3 is 2.25 bits per heavy atom. The number of aliphatic hydroxyl groups is 3. The third-order valence-electron chi connectivity index (χ3n) is 6.52. The van der Waals surface area contributed by atoms with Crippen molar-refractivity contribution in [2.75, 3.05) is 13.7 Å². The van der Waals surface area contributed by atoms with E-state index in [1.165, 1.54) is 67.8 Å². The van der Waals surface area contributed by atoms with Crippen molar-refractivity contribution in [1.82, 2.24) is 0 Å². The molecule has 0 radical (unpaired) electrons. The standard InChI is InChI=1S/C30H30O14/c1-40-23-12-17(5-7-19(23)32)29(39)42-13-16-3-8-22(21(34)11-16)43-30-28(38)27(37)26(36)24(44-30)14-41-25(35)9-4-15-2-6-18(31)20(33)10-15/h2-12,24,26-28,30-34,36-38H,13-14H2,1H3/t24-,26-,27+,28-,30-/m1/s1. The highest BCUT2D eigenvalue weighted by Crippen LogP contribution is 2.32. The Labute approximate surface area is 250 Å². The Hall–Kier alpha value is -5.02. The Morgan fingerprint density at radius 1 is 0.795 bits per heavy atom. The molecule has 1 aliphatic heterocycles. The van der Waals surface area contributed by atoms with Gasteiger partial charge in [0.25, 0.3) is 0 Å². The molecule has 14 nitrogen and oxygen atoms in total. The molecule has 0 bridgehead atoms. The lowest BCUT2D eigenvalue weighted by Gasteiger charge is -2.39. The summed E-state index contributed by atoms with van der Waals surface area (Å²) < 4.78 is 26.3. The molecule has 0 unspecified atom stereocenters. The van der Waals surface area contributed by atoms with Crippen LogP contribution in [-0.2, 0) is 25.6 Å². The number of ether oxygens (including phenoxy) is 5. The molecule has 234 valence electrons. The maximum Gasteiger partial charge on any atom is 0.338 e. The highest BCUT2D eigenvalue weighted by molar-refractivity contribution is 5.90. The smallest absolute Gasteiger partial charge is 0.338 e. The van der Waals surface area contributed by atoms with Crippen molar-refractivity contribution in [3.05, 3.63) is 77.4 Å². The molecule has 0 saturated carbocycles. The van der Waals surface area contributed by atoms with Crippen molar-refractivity contribution >= 4 is 18.0 Å². The molecular weight excluding hydrogens is 584 g/mol. The van der Waals surface area contributed by atoms with E-state index < -0.39 is 55.0 Å². The average molecular weight is 615 g/mol. The van der Waals surface area contributed by atoms with Gasteiger partial charge in [0.2, 0.25) is 6.29 Å². The molecule has 5 atom stereocenters. The molecule has 0 spiro atoms. The predicted octanol–water partition coefficient (Wildman–Crippen LogP) is 1.32. The number of phenols is 4. The first-order valence-corrected chi connectivity index (χ1v) is 13.1. The molecule has 4 rings (SSSR count). The molecular formula is C30H30O14. The van der Waals surface area contributed by atoms with Crippen LogP contribution in [0, 0.1) is 0 Å². The summed E-state index contributed by atoms with van der Waals surface area (Å²) in [6.45, 7) is -0.781. The second-order valence-electron chi connectivity index (χ2n) is 9.61. The number of aromatic hydroxyl groups is 4. The molecule has 1 saturated heterocycles. The number of rotatable bonds is 10. The first-order valence-electron chi connectivity index (χ1n) is 13.1. The topological polar surface area (TPSA) is 222 Å². The normalized spacial score (nSPS) is 21.5. The van der Waals surface area contributed by atoms with Crippen LogP contribution in [0.2, 0.25) is 0 Å². The van der Waals surface area contributed by atoms with Crippen LogP contribution in [0.25, 0.3) is 6.08 Å². The molecule has 0 aliphatic carbocycles. The molecule has 1 fully saturated rings. The largest absolute Gasteiger partial charge is 0.504 e. The monoisotopic (exact) mass is 614 g/mol. The number of methoxy groups -OCH3 is 1. The number of hydrogen-bond acceptors (Lipinski definition) is 14. The van der Waals surface area contributed by atoms with Crippen LogP contribution < -0.4 is 9.47 Å². The van der Waals surface area contributed by atoms with E-state index in [0.29, 0.717) is 11.1 Å². The van der Waals surface area contributed by atoms with E-state index in [1.807, 2.05) is 0 Å². The minimum absolute atomic E-state index is 0.0908. The number of carbonyl (C=O) groups is 2. The van der Waals surface area contributed by atoms with Crippen LogP contribution in [0.4, 0.5) is 0 Å². The quantitative estimate of drug-likeness (QED) is 0.0972. The van der Waals surface area contributed by atoms with Crippen molar-refractivity contribution in [3.63, 3.8) is 0 Å². The number of aliphatic hydroxyl groups excluding tert-OH is 3. The van der Waals surface area contributed by atoms with Crippen molar-refractivity contribution in [3.8, 4) is 34.5 Å². The van der Waals surface area contributed by atoms with Gasteiger partial charge in [0.15, 0.2) is 34.5 Å². The zero-order valence-electron chi connectivity index (χ0n) is 23.1. The zero-order valence-corrected chi connectivity index (χ0v) is 23.1. The summed E-state index contributed by atoms with van der Waals surface area (Å²) in [6.07, 6.45) is -5.75. The van der Waals surface area contributed by atoms with Crippen LogP contribution in [0.15, 0.2) is 60.7 Å². The maximum absolute atomic E-state index is 12.4. The van der Waals surface area contributed by atoms with Gasteiger partial charge < -0.3 is 59.4 Å². The number of phenolic OH excluding ortho intramolecular Hbond substituents is 4. The van der Waals surface area contributed by atoms with E-state index in [4.69, 9.17) is 23.7 Å². The molecule has 44 heavy (non-hydrogen) atoms. The highest BCUT2D eigenvalue weighted by Gasteiger charge is 2.45. The molecule has 1 aliphatic rings. The fourth-order valence-corrected chi connectivity index (χ4v) is 4.09. The number of esters is 2. The van der Waals surface area contributed by atoms with Gasteiger partial charge in [0.1, 0.15) is 37.6 Å². The first-order chi connectivity index (χ1) is 21.0. The van der Waals surface area contributed by atoms with Crippen LogP contribution in [-0.4, -0.2) is 92.1 Å². The fraction of sp³-hybridized carbons (Fsp3) is 0.267. The van der Waals surface area contributed by atoms with Gasteiger partial charge in [0.05, 0.1) is 12.7 Å². The summed E-state index contributed by atoms with van der Waals surface area (Å²) in [5, 5.41) is 70.1. The van der Waals surface area contributed by atoms with Gasteiger partial charge in [-0.1, -0.05) is 12.1 Å². The molecule has 0 amide bonds. The van der Waals surface area contributed by atoms with Crippen LogP contribution in [0.3, 0.4) is 0 Å². The Bertz CT molecular complexity index is 1520. The third kappa shape index (κ3) is 7.67. The van der Waals surface area contributed by atoms with Crippen molar-refractivity contribution < 1.29 is 69.0 Å². The lowest BCUT2D eigenvalue weighted by Crippen LogP contribution is -2.60. The van der Waals surface area contributed by atoms with E-state index >= 15 is 0 Å². The second kappa shape index (κ2) is 14.0. The lowest BCUT2D eigenvalue weighted by atomic mass is 9.99. The molecule has 1 heterocycles.